The highest BCUT2D eigenvalue weighted by Crippen LogP contribution is 2.34. The van der Waals surface area contributed by atoms with Gasteiger partial charge in [0.25, 0.3) is 5.78 Å². The lowest BCUT2D eigenvalue weighted by Crippen LogP contribution is -2.63. The van der Waals surface area contributed by atoms with Crippen molar-refractivity contribution in [1.82, 2.24) is 0 Å². The minimum absolute atomic E-state index is 0.0428. The van der Waals surface area contributed by atoms with Gasteiger partial charge in [-0.05, 0) is 26.3 Å². The lowest BCUT2D eigenvalue weighted by molar-refractivity contribution is -0.293. The van der Waals surface area contributed by atoms with Crippen molar-refractivity contribution in [2.75, 3.05) is 7.11 Å². The fourth-order valence-corrected chi connectivity index (χ4v) is 3.27. The summed E-state index contributed by atoms with van der Waals surface area (Å²) in [5, 5.41) is 0. The molecule has 0 amide bonds. The molecule has 1 saturated heterocycles. The van der Waals surface area contributed by atoms with Crippen LogP contribution in [0.5, 0.6) is 0 Å². The van der Waals surface area contributed by atoms with Crippen molar-refractivity contribution in [2.45, 2.75) is 72.2 Å². The highest BCUT2D eigenvalue weighted by molar-refractivity contribution is 6.08. The van der Waals surface area contributed by atoms with Gasteiger partial charge in [0.05, 0.1) is 7.11 Å². The van der Waals surface area contributed by atoms with E-state index in [2.05, 4.69) is 0 Å². The van der Waals surface area contributed by atoms with Crippen LogP contribution in [0.4, 0.5) is 0 Å². The van der Waals surface area contributed by atoms with Crippen LogP contribution in [0, 0.1) is 0 Å². The van der Waals surface area contributed by atoms with Crippen LogP contribution in [0.2, 0.25) is 0 Å². The Kier molecular flexibility index (Phi) is 8.20. The van der Waals surface area contributed by atoms with E-state index < -0.39 is 60.4 Å². The second-order valence-electron chi connectivity index (χ2n) is 7.43. The minimum Gasteiger partial charge on any atom is -0.467 e. The molecule has 0 aromatic heterocycles. The summed E-state index contributed by atoms with van der Waals surface area (Å²) >= 11 is 0. The molecular weight excluding hydrogens is 444 g/mol. The maximum Gasteiger partial charge on any atom is 0.339 e. The van der Waals surface area contributed by atoms with Crippen molar-refractivity contribution < 1.29 is 57.1 Å². The van der Waals surface area contributed by atoms with Gasteiger partial charge in [-0.2, -0.15) is 0 Å². The predicted octanol–water partition coefficient (Wildman–Crippen LogP) is 0.821. The number of ether oxygens (including phenoxy) is 7. The van der Waals surface area contributed by atoms with Gasteiger partial charge in [0.15, 0.2) is 24.1 Å². The molecule has 0 saturated carbocycles. The number of allylic oxidation sites excluding steroid dienone is 2. The van der Waals surface area contributed by atoms with Crippen LogP contribution in [0.15, 0.2) is 22.9 Å². The maximum absolute atomic E-state index is 12.7. The lowest BCUT2D eigenvalue weighted by atomic mass is 9.97. The molecule has 0 N–H and O–H groups in total. The number of esters is 4. The smallest absolute Gasteiger partial charge is 0.339 e. The Morgan fingerprint density at radius 3 is 1.79 bits per heavy atom. The Bertz CT molecular complexity index is 910. The average molecular weight is 470 g/mol. The van der Waals surface area contributed by atoms with E-state index in [0.717, 1.165) is 27.9 Å². The Morgan fingerprint density at radius 2 is 1.33 bits per heavy atom. The molecule has 12 heteroatoms. The summed E-state index contributed by atoms with van der Waals surface area (Å²) in [6.45, 7) is 7.99. The van der Waals surface area contributed by atoms with Crippen LogP contribution in [-0.4, -0.2) is 67.5 Å². The van der Waals surface area contributed by atoms with Gasteiger partial charge < -0.3 is 33.2 Å². The zero-order valence-electron chi connectivity index (χ0n) is 19.3. The van der Waals surface area contributed by atoms with Crippen LogP contribution in [0.25, 0.3) is 0 Å². The van der Waals surface area contributed by atoms with E-state index in [1.165, 1.54) is 6.92 Å². The first-order valence-corrected chi connectivity index (χ1v) is 9.89. The molecule has 5 atom stereocenters. The summed E-state index contributed by atoms with van der Waals surface area (Å²) < 4.78 is 37.1. The summed E-state index contributed by atoms with van der Waals surface area (Å²) in [5.41, 5.74) is 0.583. The van der Waals surface area contributed by atoms with Crippen LogP contribution in [0.1, 0.15) is 41.5 Å². The van der Waals surface area contributed by atoms with Gasteiger partial charge in [-0.25, -0.2) is 4.79 Å². The number of hydrogen-bond acceptors (Lipinski definition) is 12. The van der Waals surface area contributed by atoms with E-state index in [-0.39, 0.29) is 17.3 Å². The standard InChI is InChI=1S/C21H26O12/c1-8(2)14-13(25)15(9(3)28-14)32-21-19(31-12(6)24)17(30-11(5)23)16(29-10(4)22)18(33-21)20(26)27-7/h16-19,21H,1-7H3/t16-,17-,18-,19+,21+/m0/s1. The Hall–Kier alpha value is -3.41. The second kappa shape index (κ2) is 10.5. The number of ketones is 1. The first kappa shape index (κ1) is 25.8. The molecular formula is C21H26O12. The monoisotopic (exact) mass is 470 g/mol. The van der Waals surface area contributed by atoms with E-state index >= 15 is 0 Å². The second-order valence-corrected chi connectivity index (χ2v) is 7.43. The van der Waals surface area contributed by atoms with E-state index in [0.29, 0.717) is 5.57 Å². The fraction of sp³-hybridized carbons (Fsp3) is 0.571. The van der Waals surface area contributed by atoms with Gasteiger partial charge in [0.2, 0.25) is 18.2 Å². The SMILES string of the molecule is COC(=O)[C@H]1O[C@@H](OC2=C(C)OC(=C(C)C)C2=O)[C@H](OC(C)=O)[C@@H](OC(C)=O)[C@@H]1OC(C)=O. The summed E-state index contributed by atoms with van der Waals surface area (Å²) in [6, 6.07) is 0. The number of carbonyl (C=O) groups excluding carboxylic acids is 5. The molecule has 33 heavy (non-hydrogen) atoms. The van der Waals surface area contributed by atoms with Crippen molar-refractivity contribution >= 4 is 29.7 Å². The minimum atomic E-state index is -1.64. The van der Waals surface area contributed by atoms with Crippen molar-refractivity contribution in [3.05, 3.63) is 22.9 Å². The molecule has 0 aliphatic carbocycles. The third-order valence-corrected chi connectivity index (χ3v) is 4.51. The molecule has 2 heterocycles. The third kappa shape index (κ3) is 5.89. The molecule has 0 radical (unpaired) electrons. The number of hydrogen-bond donors (Lipinski definition) is 0. The molecule has 2 rings (SSSR count). The first-order chi connectivity index (χ1) is 15.4. The third-order valence-electron chi connectivity index (χ3n) is 4.51. The number of methoxy groups -OCH3 is 1. The average Bonchev–Trinajstić information content (AvgIpc) is 2.98. The molecule has 2 aliphatic rings. The zero-order chi connectivity index (χ0) is 25.0. The molecule has 0 bridgehead atoms. The molecule has 0 aromatic rings. The van der Waals surface area contributed by atoms with E-state index in [4.69, 9.17) is 33.2 Å². The van der Waals surface area contributed by atoms with Crippen molar-refractivity contribution in [1.29, 1.82) is 0 Å². The van der Waals surface area contributed by atoms with Crippen molar-refractivity contribution in [3.8, 4) is 0 Å². The summed E-state index contributed by atoms with van der Waals surface area (Å²) in [4.78, 5) is 60.5. The molecule has 0 spiro atoms. The van der Waals surface area contributed by atoms with Crippen molar-refractivity contribution in [3.63, 3.8) is 0 Å². The van der Waals surface area contributed by atoms with Gasteiger partial charge in [-0.15, -0.1) is 0 Å². The number of Topliss-reactive ketones (excluding diaryl/α,β-unsaturated/α-hetero) is 1. The normalized spacial score (nSPS) is 26.8. The largest absolute Gasteiger partial charge is 0.467 e. The van der Waals surface area contributed by atoms with E-state index in [9.17, 15) is 24.0 Å². The Labute approximate surface area is 189 Å². The first-order valence-electron chi connectivity index (χ1n) is 9.89. The van der Waals surface area contributed by atoms with E-state index in [1.54, 1.807) is 13.8 Å². The Morgan fingerprint density at radius 1 is 0.818 bits per heavy atom. The Balaban J connectivity index is 2.54. The lowest BCUT2D eigenvalue weighted by Gasteiger charge is -2.43. The highest BCUT2D eigenvalue weighted by atomic mass is 16.7. The summed E-state index contributed by atoms with van der Waals surface area (Å²) in [5.74, 6) is -4.19. The highest BCUT2D eigenvalue weighted by Gasteiger charge is 2.56. The molecule has 0 aromatic carbocycles. The van der Waals surface area contributed by atoms with Crippen LogP contribution >= 0.6 is 0 Å². The fourth-order valence-electron chi connectivity index (χ4n) is 3.27. The van der Waals surface area contributed by atoms with Crippen molar-refractivity contribution in [2.24, 2.45) is 0 Å². The molecule has 1 fully saturated rings. The van der Waals surface area contributed by atoms with Gasteiger partial charge in [-0.1, -0.05) is 0 Å². The summed E-state index contributed by atoms with van der Waals surface area (Å²) in [7, 11) is 1.06. The molecule has 0 unspecified atom stereocenters. The maximum atomic E-state index is 12.7. The molecule has 182 valence electrons. The number of rotatable bonds is 6. The van der Waals surface area contributed by atoms with Crippen LogP contribution < -0.4 is 0 Å². The van der Waals surface area contributed by atoms with Crippen LogP contribution in [-0.2, 0) is 57.1 Å². The predicted molar refractivity (Wildman–Crippen MR) is 106 cm³/mol. The van der Waals surface area contributed by atoms with Gasteiger partial charge in [0, 0.05) is 20.8 Å². The van der Waals surface area contributed by atoms with E-state index in [1.807, 2.05) is 0 Å². The zero-order valence-corrected chi connectivity index (χ0v) is 19.3. The topological polar surface area (TPSA) is 150 Å². The van der Waals surface area contributed by atoms with Crippen LogP contribution in [0.3, 0.4) is 0 Å². The van der Waals surface area contributed by atoms with Gasteiger partial charge in [-0.3, -0.25) is 19.2 Å². The summed E-state index contributed by atoms with van der Waals surface area (Å²) in [6.07, 6.45) is -7.87. The van der Waals surface area contributed by atoms with Gasteiger partial charge in [0.1, 0.15) is 5.76 Å². The molecule has 12 nitrogen and oxygen atoms in total. The quantitative estimate of drug-likeness (QED) is 0.307. The number of carbonyl (C=O) groups is 5. The van der Waals surface area contributed by atoms with Gasteiger partial charge >= 0.3 is 23.9 Å². The molecule has 2 aliphatic heterocycles.